The Kier molecular flexibility index (Phi) is 9.96. The molecule has 198 valence electrons. The van der Waals surface area contributed by atoms with Crippen LogP contribution < -0.4 is 10.6 Å². The van der Waals surface area contributed by atoms with Crippen molar-refractivity contribution in [1.29, 1.82) is 0 Å². The molecule has 2 rings (SSSR count). The Morgan fingerprint density at radius 2 is 0.824 bits per heavy atom. The molecule has 2 aliphatic rings. The maximum Gasteiger partial charge on any atom is 0.325 e. The van der Waals surface area contributed by atoms with E-state index < -0.39 is 0 Å². The molecule has 34 heavy (non-hydrogen) atoms. The fourth-order valence-electron chi connectivity index (χ4n) is 5.62. The summed E-state index contributed by atoms with van der Waals surface area (Å²) < 4.78 is 0. The van der Waals surface area contributed by atoms with Crippen LogP contribution in [0.3, 0.4) is 0 Å². The number of carbonyl (C=O) groups is 2. The molecule has 2 fully saturated rings. The Morgan fingerprint density at radius 1 is 0.559 bits per heavy atom. The number of rotatable bonds is 11. The molecule has 0 aromatic carbocycles. The summed E-state index contributed by atoms with van der Waals surface area (Å²) >= 11 is 0. The van der Waals surface area contributed by atoms with Crippen LogP contribution >= 0.6 is 0 Å². The maximum atomic E-state index is 12.2. The molecule has 2 aliphatic heterocycles. The van der Waals surface area contributed by atoms with E-state index in [0.29, 0.717) is 39.0 Å². The largest absolute Gasteiger partial charge is 0.368 e. The Bertz CT molecular complexity index is 600. The Morgan fingerprint density at radius 3 is 1.12 bits per heavy atom. The Balaban J connectivity index is 1.51. The van der Waals surface area contributed by atoms with Crippen molar-refractivity contribution < 1.29 is 19.3 Å². The monoisotopic (exact) mass is 482 g/mol. The zero-order chi connectivity index (χ0) is 25.6. The summed E-state index contributed by atoms with van der Waals surface area (Å²) in [5.41, 5.74) is -0.363. The van der Waals surface area contributed by atoms with Gasteiger partial charge in [0.2, 0.25) is 0 Å². The van der Waals surface area contributed by atoms with Gasteiger partial charge in [-0.05, 0) is 68.2 Å². The van der Waals surface area contributed by atoms with Gasteiger partial charge in [-0.25, -0.2) is 0 Å². The minimum Gasteiger partial charge on any atom is -0.368 e. The van der Waals surface area contributed by atoms with E-state index in [1.54, 1.807) is 10.1 Å². The minimum atomic E-state index is -0.143. The molecule has 0 aliphatic carbocycles. The topological polar surface area (TPSA) is 83.1 Å². The lowest BCUT2D eigenvalue weighted by atomic mass is 9.93. The van der Waals surface area contributed by atoms with E-state index in [1.165, 1.54) is 0 Å². The van der Waals surface area contributed by atoms with Gasteiger partial charge < -0.3 is 20.3 Å². The Labute approximate surface area is 207 Å². The quantitative estimate of drug-likeness (QED) is 0.429. The van der Waals surface area contributed by atoms with Crippen LogP contribution in [0, 0.1) is 0 Å². The van der Waals surface area contributed by atoms with Gasteiger partial charge in [-0.2, -0.15) is 0 Å². The molecule has 8 heteroatoms. The molecule has 0 amide bonds. The molecular weight excluding hydrogens is 432 g/mol. The smallest absolute Gasteiger partial charge is 0.325 e. The molecular formula is C26H50N4O4. The standard InChI is InChI=1S/C26H50N4O4/c1-23(2)17-29(18-24(3,4)27-23)33-21(31)15-13-11-9-10-12-14-16-22(32)34-30-19-25(5,6)28-26(7,8)20-30/h27-28H,9-20H2,1-8H3. The van der Waals surface area contributed by atoms with Crippen molar-refractivity contribution in [2.75, 3.05) is 26.2 Å². The minimum absolute atomic E-state index is 0.0907. The van der Waals surface area contributed by atoms with Crippen LogP contribution in [0.5, 0.6) is 0 Å². The zero-order valence-corrected chi connectivity index (χ0v) is 23.0. The van der Waals surface area contributed by atoms with Crippen LogP contribution in [0.25, 0.3) is 0 Å². The number of hydroxylamine groups is 4. The third-order valence-electron chi connectivity index (χ3n) is 6.11. The highest BCUT2D eigenvalue weighted by Crippen LogP contribution is 2.23. The lowest BCUT2D eigenvalue weighted by molar-refractivity contribution is -0.208. The maximum absolute atomic E-state index is 12.2. The zero-order valence-electron chi connectivity index (χ0n) is 23.0. The van der Waals surface area contributed by atoms with Gasteiger partial charge in [0.15, 0.2) is 0 Å². The first-order chi connectivity index (χ1) is 15.6. The molecule has 0 unspecified atom stereocenters. The average molecular weight is 483 g/mol. The molecule has 8 nitrogen and oxygen atoms in total. The first kappa shape index (κ1) is 29.0. The third-order valence-corrected chi connectivity index (χ3v) is 6.11. The van der Waals surface area contributed by atoms with E-state index in [1.807, 2.05) is 0 Å². The van der Waals surface area contributed by atoms with Gasteiger partial charge in [-0.3, -0.25) is 9.59 Å². The Hall–Kier alpha value is -1.22. The van der Waals surface area contributed by atoms with E-state index >= 15 is 0 Å². The highest BCUT2D eigenvalue weighted by atomic mass is 16.7. The van der Waals surface area contributed by atoms with Crippen molar-refractivity contribution in [3.63, 3.8) is 0 Å². The molecule has 2 heterocycles. The van der Waals surface area contributed by atoms with E-state index in [9.17, 15) is 9.59 Å². The number of piperazine rings is 2. The second-order valence-electron chi connectivity index (χ2n) is 12.9. The highest BCUT2D eigenvalue weighted by molar-refractivity contribution is 5.69. The second kappa shape index (κ2) is 11.7. The van der Waals surface area contributed by atoms with Crippen LogP contribution in [-0.4, -0.2) is 70.4 Å². The number of nitrogens with one attached hydrogen (secondary N) is 2. The number of hydrogen-bond donors (Lipinski definition) is 2. The van der Waals surface area contributed by atoms with Crippen molar-refractivity contribution in [2.45, 2.75) is 129 Å². The van der Waals surface area contributed by atoms with E-state index in [0.717, 1.165) is 38.5 Å². The number of carbonyl (C=O) groups excluding carboxylic acids is 2. The molecule has 0 saturated carbocycles. The van der Waals surface area contributed by atoms with Gasteiger partial charge in [0.05, 0.1) is 26.2 Å². The SMILES string of the molecule is CC1(C)CN(OC(=O)CCCCCCCCC(=O)ON2CC(C)(C)NC(C)(C)C2)CC(C)(C)N1. The predicted octanol–water partition coefficient (Wildman–Crippen LogP) is 3.95. The highest BCUT2D eigenvalue weighted by Gasteiger charge is 2.39. The number of unbranched alkanes of at least 4 members (excludes halogenated alkanes) is 5. The van der Waals surface area contributed by atoms with Gasteiger partial charge in [0.25, 0.3) is 0 Å². The molecule has 0 atom stereocenters. The van der Waals surface area contributed by atoms with Crippen molar-refractivity contribution in [1.82, 2.24) is 20.8 Å². The summed E-state index contributed by atoms with van der Waals surface area (Å²) in [6.45, 7) is 19.8. The molecule has 0 radical (unpaired) electrons. The van der Waals surface area contributed by atoms with E-state index in [4.69, 9.17) is 9.68 Å². The molecule has 0 aromatic rings. The first-order valence-corrected chi connectivity index (χ1v) is 13.1. The van der Waals surface area contributed by atoms with E-state index in [2.05, 4.69) is 66.0 Å². The van der Waals surface area contributed by atoms with Gasteiger partial charge in [0, 0.05) is 35.0 Å². The molecule has 0 aromatic heterocycles. The van der Waals surface area contributed by atoms with Crippen molar-refractivity contribution in [3.8, 4) is 0 Å². The van der Waals surface area contributed by atoms with Crippen molar-refractivity contribution >= 4 is 11.9 Å². The van der Waals surface area contributed by atoms with Crippen LogP contribution in [0.1, 0.15) is 107 Å². The van der Waals surface area contributed by atoms with Crippen LogP contribution in [0.4, 0.5) is 0 Å². The molecule has 0 bridgehead atoms. The molecule has 2 N–H and O–H groups in total. The summed E-state index contributed by atoms with van der Waals surface area (Å²) in [4.78, 5) is 35.7. The predicted molar refractivity (Wildman–Crippen MR) is 135 cm³/mol. The summed E-state index contributed by atoms with van der Waals surface area (Å²) in [6, 6.07) is 0. The summed E-state index contributed by atoms with van der Waals surface area (Å²) in [5.74, 6) is -0.286. The summed E-state index contributed by atoms with van der Waals surface area (Å²) in [7, 11) is 0. The van der Waals surface area contributed by atoms with Gasteiger partial charge in [0.1, 0.15) is 0 Å². The van der Waals surface area contributed by atoms with Gasteiger partial charge in [-0.15, -0.1) is 10.1 Å². The lowest BCUT2D eigenvalue weighted by Crippen LogP contribution is -2.66. The van der Waals surface area contributed by atoms with Gasteiger partial charge >= 0.3 is 11.9 Å². The second-order valence-corrected chi connectivity index (χ2v) is 12.9. The van der Waals surface area contributed by atoms with Crippen molar-refractivity contribution in [2.24, 2.45) is 0 Å². The summed E-state index contributed by atoms with van der Waals surface area (Å²) in [5, 5.41) is 10.8. The summed E-state index contributed by atoms with van der Waals surface area (Å²) in [6.07, 6.45) is 6.73. The number of nitrogens with zero attached hydrogens (tertiary/aromatic N) is 2. The van der Waals surface area contributed by atoms with Crippen LogP contribution in [0.2, 0.25) is 0 Å². The van der Waals surface area contributed by atoms with Gasteiger partial charge in [-0.1, -0.05) is 25.7 Å². The molecule has 2 saturated heterocycles. The fraction of sp³-hybridized carbons (Fsp3) is 0.923. The molecule has 0 spiro atoms. The van der Waals surface area contributed by atoms with Crippen LogP contribution in [0.15, 0.2) is 0 Å². The lowest BCUT2D eigenvalue weighted by Gasteiger charge is -2.46. The normalized spacial score (nSPS) is 23.9. The average Bonchev–Trinajstić information content (AvgIpc) is 2.58. The van der Waals surface area contributed by atoms with Crippen molar-refractivity contribution in [3.05, 3.63) is 0 Å². The third kappa shape index (κ3) is 11.0. The van der Waals surface area contributed by atoms with E-state index in [-0.39, 0.29) is 34.1 Å². The number of hydrogen-bond acceptors (Lipinski definition) is 8. The first-order valence-electron chi connectivity index (χ1n) is 13.1. The van der Waals surface area contributed by atoms with Crippen LogP contribution in [-0.2, 0) is 19.3 Å². The fourth-order valence-corrected chi connectivity index (χ4v) is 5.62.